The molecule has 5 N–H and O–H groups in total. The molecule has 110 valence electrons. The molecular weight excluding hydrogens is 274 g/mol. The molecule has 1 heterocycles. The summed E-state index contributed by atoms with van der Waals surface area (Å²) in [6.45, 7) is 2.23. The molecule has 0 fully saturated rings. The summed E-state index contributed by atoms with van der Waals surface area (Å²) < 4.78 is 0. The maximum absolute atomic E-state index is 11.3. The van der Waals surface area contributed by atoms with Gasteiger partial charge in [0, 0.05) is 24.4 Å². The second-order valence-corrected chi connectivity index (χ2v) is 6.29. The van der Waals surface area contributed by atoms with Crippen molar-refractivity contribution >= 4 is 34.7 Å². The highest BCUT2D eigenvalue weighted by molar-refractivity contribution is 7.98. The molecule has 0 radical (unpaired) electrons. The highest BCUT2D eigenvalue weighted by Gasteiger charge is 2.21. The topological polar surface area (TPSA) is 87.4 Å². The number of benzene rings is 1. The van der Waals surface area contributed by atoms with E-state index in [1.807, 2.05) is 12.3 Å². The molecule has 0 saturated carbocycles. The van der Waals surface area contributed by atoms with Crippen LogP contribution >= 0.6 is 11.8 Å². The van der Waals surface area contributed by atoms with Crippen molar-refractivity contribution < 1.29 is 9.90 Å². The average molecular weight is 295 g/mol. The Morgan fingerprint density at radius 2 is 2.25 bits per heavy atom. The molecule has 2 rings (SSSR count). The van der Waals surface area contributed by atoms with Crippen LogP contribution in [0.2, 0.25) is 0 Å². The van der Waals surface area contributed by atoms with E-state index in [2.05, 4.69) is 10.6 Å². The molecule has 1 aromatic rings. The Morgan fingerprint density at radius 1 is 1.50 bits per heavy atom. The van der Waals surface area contributed by atoms with Gasteiger partial charge in [-0.05, 0) is 37.3 Å². The number of aliphatic hydroxyl groups is 1. The maximum Gasteiger partial charge on any atom is 0.224 e. The number of nitrogens with one attached hydrogen (secondary N) is 2. The van der Waals surface area contributed by atoms with Crippen LogP contribution in [0.25, 0.3) is 0 Å². The third-order valence-electron chi connectivity index (χ3n) is 3.29. The van der Waals surface area contributed by atoms with Crippen LogP contribution in [0, 0.1) is 0 Å². The van der Waals surface area contributed by atoms with Gasteiger partial charge in [0.05, 0.1) is 17.0 Å². The summed E-state index contributed by atoms with van der Waals surface area (Å²) in [6, 6.07) is 3.73. The summed E-state index contributed by atoms with van der Waals surface area (Å²) in [5.41, 5.74) is 8.46. The van der Waals surface area contributed by atoms with Crippen LogP contribution in [0.15, 0.2) is 12.1 Å². The van der Waals surface area contributed by atoms with Crippen molar-refractivity contribution in [2.24, 2.45) is 0 Å². The Hall–Kier alpha value is -1.40. The van der Waals surface area contributed by atoms with Crippen molar-refractivity contribution in [1.82, 2.24) is 0 Å². The molecule has 0 aromatic heterocycles. The largest absolute Gasteiger partial charge is 0.397 e. The Labute approximate surface area is 123 Å². The first-order chi connectivity index (χ1) is 9.41. The molecular formula is C14H21N3O2S. The van der Waals surface area contributed by atoms with Crippen molar-refractivity contribution in [3.63, 3.8) is 0 Å². The second-order valence-electron chi connectivity index (χ2n) is 5.43. The summed E-state index contributed by atoms with van der Waals surface area (Å²) in [5.74, 6) is 0.682. The van der Waals surface area contributed by atoms with E-state index in [-0.39, 0.29) is 5.91 Å². The molecule has 0 spiro atoms. The summed E-state index contributed by atoms with van der Waals surface area (Å²) in [6.07, 6.45) is 3.18. The fourth-order valence-electron chi connectivity index (χ4n) is 2.25. The molecule has 1 aliphatic heterocycles. The fraction of sp³-hybridized carbons (Fsp3) is 0.500. The molecule has 0 saturated heterocycles. The monoisotopic (exact) mass is 295 g/mol. The Kier molecular flexibility index (Phi) is 4.45. The first kappa shape index (κ1) is 15.0. The molecule has 20 heavy (non-hydrogen) atoms. The van der Waals surface area contributed by atoms with Crippen LogP contribution in [0.3, 0.4) is 0 Å². The number of carbonyl (C=O) groups excluding carboxylic acids is 1. The van der Waals surface area contributed by atoms with Gasteiger partial charge in [0.15, 0.2) is 0 Å². The molecule has 1 aromatic carbocycles. The molecule has 1 aliphatic rings. The number of carbonyl (C=O) groups is 1. The van der Waals surface area contributed by atoms with E-state index in [1.54, 1.807) is 24.8 Å². The lowest BCUT2D eigenvalue weighted by molar-refractivity contribution is -0.116. The van der Waals surface area contributed by atoms with E-state index in [0.29, 0.717) is 24.4 Å². The predicted molar refractivity (Wildman–Crippen MR) is 85.3 cm³/mol. The molecule has 0 bridgehead atoms. The quantitative estimate of drug-likeness (QED) is 0.621. The van der Waals surface area contributed by atoms with Crippen LogP contribution in [0.5, 0.6) is 0 Å². The number of thioether (sulfide) groups is 1. The normalized spacial score (nSPS) is 17.1. The predicted octanol–water partition coefficient (Wildman–Crippen LogP) is 1.68. The zero-order chi connectivity index (χ0) is 14.8. The van der Waals surface area contributed by atoms with Gasteiger partial charge in [-0.2, -0.15) is 11.8 Å². The summed E-state index contributed by atoms with van der Waals surface area (Å²) in [5, 5.41) is 16.2. The minimum atomic E-state index is -0.782. The van der Waals surface area contributed by atoms with Gasteiger partial charge in [0.1, 0.15) is 0 Å². The van der Waals surface area contributed by atoms with E-state index in [9.17, 15) is 9.90 Å². The van der Waals surface area contributed by atoms with Gasteiger partial charge in [0.2, 0.25) is 5.91 Å². The second kappa shape index (κ2) is 5.93. The van der Waals surface area contributed by atoms with Gasteiger partial charge in [-0.15, -0.1) is 0 Å². The average Bonchev–Trinajstić information content (AvgIpc) is 2.36. The van der Waals surface area contributed by atoms with Gasteiger partial charge < -0.3 is 21.5 Å². The lowest BCUT2D eigenvalue weighted by atomic mass is 10.0. The molecule has 5 nitrogen and oxygen atoms in total. The summed E-state index contributed by atoms with van der Waals surface area (Å²) >= 11 is 1.60. The molecule has 0 aliphatic carbocycles. The number of hydrogen-bond donors (Lipinski definition) is 4. The summed E-state index contributed by atoms with van der Waals surface area (Å²) in [4.78, 5) is 11.3. The highest BCUT2D eigenvalue weighted by atomic mass is 32.2. The number of rotatable bonds is 5. The van der Waals surface area contributed by atoms with Gasteiger partial charge in [-0.25, -0.2) is 0 Å². The maximum atomic E-state index is 11.3. The lowest BCUT2D eigenvalue weighted by Crippen LogP contribution is -2.36. The third-order valence-corrected chi connectivity index (χ3v) is 4.20. The molecule has 1 atom stereocenters. The van der Waals surface area contributed by atoms with Crippen LogP contribution in [-0.4, -0.2) is 35.2 Å². The Bertz CT molecular complexity index is 517. The van der Waals surface area contributed by atoms with Gasteiger partial charge in [-0.1, -0.05) is 0 Å². The molecule has 1 amide bonds. The van der Waals surface area contributed by atoms with Crippen LogP contribution in [0.4, 0.5) is 17.1 Å². The van der Waals surface area contributed by atoms with E-state index in [4.69, 9.17) is 5.73 Å². The minimum absolute atomic E-state index is 0.0283. The smallest absolute Gasteiger partial charge is 0.224 e. The number of fused-ring (bicyclic) bond motifs is 1. The number of nitrogens with two attached hydrogens (primary N) is 1. The van der Waals surface area contributed by atoms with Gasteiger partial charge in [-0.3, -0.25) is 4.79 Å². The highest BCUT2D eigenvalue weighted by Crippen LogP contribution is 2.31. The van der Waals surface area contributed by atoms with Crippen molar-refractivity contribution in [2.75, 3.05) is 34.9 Å². The fourth-order valence-corrected chi connectivity index (χ4v) is 2.97. The molecule has 6 heteroatoms. The van der Waals surface area contributed by atoms with Crippen LogP contribution in [-0.2, 0) is 11.2 Å². The molecule has 1 unspecified atom stereocenters. The van der Waals surface area contributed by atoms with Gasteiger partial charge in [0.25, 0.3) is 0 Å². The summed E-state index contributed by atoms with van der Waals surface area (Å²) in [7, 11) is 0. The van der Waals surface area contributed by atoms with E-state index < -0.39 is 5.60 Å². The van der Waals surface area contributed by atoms with Crippen molar-refractivity contribution in [2.45, 2.75) is 25.4 Å². The van der Waals surface area contributed by atoms with Gasteiger partial charge >= 0.3 is 0 Å². The van der Waals surface area contributed by atoms with E-state index >= 15 is 0 Å². The van der Waals surface area contributed by atoms with Crippen molar-refractivity contribution in [3.8, 4) is 0 Å². The van der Waals surface area contributed by atoms with Crippen molar-refractivity contribution in [3.05, 3.63) is 17.7 Å². The Balaban J connectivity index is 2.11. The lowest BCUT2D eigenvalue weighted by Gasteiger charge is -2.25. The Morgan fingerprint density at radius 3 is 2.95 bits per heavy atom. The minimum Gasteiger partial charge on any atom is -0.397 e. The first-order valence-corrected chi connectivity index (χ1v) is 7.98. The zero-order valence-corrected chi connectivity index (χ0v) is 12.6. The van der Waals surface area contributed by atoms with Crippen LogP contribution in [0.1, 0.15) is 18.9 Å². The standard InChI is InChI=1S/C14H21N3O2S/c1-14(19,8-20-2)7-16-12-5-9-3-4-13(18)17-11(9)6-10(12)15/h5-6,16,19H,3-4,7-8,15H2,1-2H3,(H,17,18). The first-order valence-electron chi connectivity index (χ1n) is 6.59. The van der Waals surface area contributed by atoms with E-state index in [1.165, 1.54) is 0 Å². The van der Waals surface area contributed by atoms with Crippen molar-refractivity contribution in [1.29, 1.82) is 0 Å². The SMILES string of the molecule is CSCC(C)(O)CNc1cc2c(cc1N)NC(=O)CC2. The number of nitrogen functional groups attached to an aromatic ring is 1. The van der Waals surface area contributed by atoms with Crippen LogP contribution < -0.4 is 16.4 Å². The number of amides is 1. The number of anilines is 3. The zero-order valence-electron chi connectivity index (χ0n) is 11.8. The number of aryl methyl sites for hydroxylation is 1. The third kappa shape index (κ3) is 3.58. The van der Waals surface area contributed by atoms with E-state index in [0.717, 1.165) is 23.4 Å². The number of hydrogen-bond acceptors (Lipinski definition) is 5.